The van der Waals surface area contributed by atoms with Crippen molar-refractivity contribution in [2.24, 2.45) is 0 Å². The van der Waals surface area contributed by atoms with E-state index in [1.54, 1.807) is 42.1 Å². The Bertz CT molecular complexity index is 824. The van der Waals surface area contributed by atoms with Gasteiger partial charge in [-0.1, -0.05) is 6.07 Å². The summed E-state index contributed by atoms with van der Waals surface area (Å²) in [4.78, 5) is 15.5. The second-order valence-electron chi connectivity index (χ2n) is 4.53. The third kappa shape index (κ3) is 1.84. The Balaban J connectivity index is 2.31. The van der Waals surface area contributed by atoms with Crippen molar-refractivity contribution in [3.05, 3.63) is 59.7 Å². The highest BCUT2D eigenvalue weighted by Gasteiger charge is 2.14. The molecule has 1 N–H and O–H groups in total. The summed E-state index contributed by atoms with van der Waals surface area (Å²) in [6.45, 7) is 1.66. The Morgan fingerprint density at radius 1 is 1.30 bits per heavy atom. The Morgan fingerprint density at radius 2 is 2.10 bits per heavy atom. The molecule has 1 heterocycles. The highest BCUT2D eigenvalue weighted by Crippen LogP contribution is 2.23. The van der Waals surface area contributed by atoms with E-state index in [4.69, 9.17) is 0 Å². The first-order valence-electron chi connectivity index (χ1n) is 6.04. The molecule has 0 atom stereocenters. The lowest BCUT2D eigenvalue weighted by Gasteiger charge is -2.07. The number of hydrogen-bond acceptors (Lipinski definition) is 2. The van der Waals surface area contributed by atoms with E-state index >= 15 is 0 Å². The molecule has 0 bridgehead atoms. The Hall–Kier alpha value is -2.69. The van der Waals surface area contributed by atoms with Gasteiger partial charge < -0.3 is 5.11 Å². The van der Waals surface area contributed by atoms with Crippen LogP contribution in [0.3, 0.4) is 0 Å². The van der Waals surface area contributed by atoms with Gasteiger partial charge in [-0.2, -0.15) is 0 Å². The predicted molar refractivity (Wildman–Crippen MR) is 72.7 cm³/mol. The minimum absolute atomic E-state index is 0.168. The van der Waals surface area contributed by atoms with Gasteiger partial charge in [-0.15, -0.1) is 0 Å². The van der Waals surface area contributed by atoms with Crippen LogP contribution in [0.1, 0.15) is 15.9 Å². The summed E-state index contributed by atoms with van der Waals surface area (Å²) >= 11 is 0. The molecule has 1 aromatic heterocycles. The minimum Gasteiger partial charge on any atom is -0.478 e. The number of imidazole rings is 1. The van der Waals surface area contributed by atoms with Crippen molar-refractivity contribution >= 4 is 17.0 Å². The maximum atomic E-state index is 13.3. The van der Waals surface area contributed by atoms with Crippen LogP contribution in [0.25, 0.3) is 16.7 Å². The zero-order valence-corrected chi connectivity index (χ0v) is 10.7. The van der Waals surface area contributed by atoms with Gasteiger partial charge in [-0.25, -0.2) is 14.2 Å². The maximum absolute atomic E-state index is 13.3. The van der Waals surface area contributed by atoms with Crippen LogP contribution in [0.4, 0.5) is 4.39 Å². The summed E-state index contributed by atoms with van der Waals surface area (Å²) in [7, 11) is 0. The van der Waals surface area contributed by atoms with Crippen molar-refractivity contribution < 1.29 is 14.3 Å². The van der Waals surface area contributed by atoms with Crippen molar-refractivity contribution in [3.63, 3.8) is 0 Å². The third-order valence-corrected chi connectivity index (χ3v) is 3.22. The largest absolute Gasteiger partial charge is 0.478 e. The molecule has 0 spiro atoms. The van der Waals surface area contributed by atoms with Crippen LogP contribution in [0.5, 0.6) is 0 Å². The fourth-order valence-corrected chi connectivity index (χ4v) is 2.21. The number of halogens is 1. The molecular weight excluding hydrogens is 259 g/mol. The van der Waals surface area contributed by atoms with Crippen LogP contribution < -0.4 is 0 Å². The molecule has 0 fully saturated rings. The number of carbonyl (C=O) groups is 1. The quantitative estimate of drug-likeness (QED) is 0.778. The zero-order chi connectivity index (χ0) is 14.3. The lowest BCUT2D eigenvalue weighted by molar-refractivity contribution is 0.0698. The monoisotopic (exact) mass is 270 g/mol. The molecule has 2 aromatic carbocycles. The second kappa shape index (κ2) is 4.45. The first kappa shape index (κ1) is 12.3. The Morgan fingerprint density at radius 3 is 2.80 bits per heavy atom. The van der Waals surface area contributed by atoms with Crippen LogP contribution in [0, 0.1) is 12.7 Å². The number of aryl methyl sites for hydroxylation is 1. The lowest BCUT2D eigenvalue weighted by atomic mass is 10.1. The number of aromatic nitrogens is 2. The van der Waals surface area contributed by atoms with Crippen LogP contribution in [-0.4, -0.2) is 20.6 Å². The molecule has 0 saturated heterocycles. The first-order chi connectivity index (χ1) is 9.58. The van der Waals surface area contributed by atoms with Crippen LogP contribution in [0.15, 0.2) is 42.7 Å². The summed E-state index contributed by atoms with van der Waals surface area (Å²) in [5.74, 6) is -1.31. The Kier molecular flexibility index (Phi) is 2.75. The molecule has 3 aromatic rings. The van der Waals surface area contributed by atoms with Crippen molar-refractivity contribution in [3.8, 4) is 5.69 Å². The van der Waals surface area contributed by atoms with Gasteiger partial charge in [0.05, 0.1) is 16.6 Å². The molecule has 4 nitrogen and oxygen atoms in total. The van der Waals surface area contributed by atoms with E-state index in [-0.39, 0.29) is 11.4 Å². The summed E-state index contributed by atoms with van der Waals surface area (Å²) in [6, 6.07) is 9.55. The van der Waals surface area contributed by atoms with E-state index in [1.165, 1.54) is 12.1 Å². The van der Waals surface area contributed by atoms with E-state index in [2.05, 4.69) is 4.98 Å². The number of hydrogen-bond donors (Lipinski definition) is 1. The summed E-state index contributed by atoms with van der Waals surface area (Å²) in [5, 5.41) is 9.27. The van der Waals surface area contributed by atoms with E-state index < -0.39 is 5.97 Å². The van der Waals surface area contributed by atoms with Crippen LogP contribution in [-0.2, 0) is 0 Å². The number of fused-ring (bicyclic) bond motifs is 1. The molecule has 3 rings (SSSR count). The summed E-state index contributed by atoms with van der Waals surface area (Å²) in [5.41, 5.74) is 2.44. The van der Waals surface area contributed by atoms with E-state index in [1.807, 2.05) is 0 Å². The zero-order valence-electron chi connectivity index (χ0n) is 10.7. The Labute approximate surface area is 114 Å². The fourth-order valence-electron chi connectivity index (χ4n) is 2.21. The van der Waals surface area contributed by atoms with Gasteiger partial charge in [0, 0.05) is 5.69 Å². The molecule has 0 unspecified atom stereocenters. The van der Waals surface area contributed by atoms with Crippen molar-refractivity contribution in [2.75, 3.05) is 0 Å². The van der Waals surface area contributed by atoms with Gasteiger partial charge in [0.25, 0.3) is 0 Å². The van der Waals surface area contributed by atoms with Crippen molar-refractivity contribution in [1.82, 2.24) is 9.55 Å². The molecular formula is C15H11FN2O2. The van der Waals surface area contributed by atoms with Gasteiger partial charge in [0.2, 0.25) is 0 Å². The molecule has 0 aliphatic carbocycles. The standard InChI is InChI=1S/C15H11FN2O2/c1-9-7-10(5-6-12(9)16)18-8-17-13-4-2-3-11(14(13)18)15(19)20/h2-8H,1H3,(H,19,20). The average molecular weight is 270 g/mol. The SMILES string of the molecule is Cc1cc(-n2cnc3cccc(C(=O)O)c32)ccc1F. The van der Waals surface area contributed by atoms with Gasteiger partial charge in [-0.3, -0.25) is 4.57 Å². The number of carboxylic acids is 1. The molecule has 0 aliphatic rings. The number of nitrogens with zero attached hydrogens (tertiary/aromatic N) is 2. The number of carboxylic acid groups (broad SMARTS) is 1. The molecule has 0 saturated carbocycles. The molecule has 0 aliphatic heterocycles. The number of rotatable bonds is 2. The van der Waals surface area contributed by atoms with Crippen LogP contribution >= 0.6 is 0 Å². The number of para-hydroxylation sites is 1. The molecule has 20 heavy (non-hydrogen) atoms. The summed E-state index contributed by atoms with van der Waals surface area (Å²) in [6.07, 6.45) is 1.55. The van der Waals surface area contributed by atoms with E-state index in [9.17, 15) is 14.3 Å². The van der Waals surface area contributed by atoms with E-state index in [0.29, 0.717) is 22.3 Å². The second-order valence-corrected chi connectivity index (χ2v) is 4.53. The molecule has 0 radical (unpaired) electrons. The lowest BCUT2D eigenvalue weighted by Crippen LogP contribution is -2.02. The van der Waals surface area contributed by atoms with Gasteiger partial charge in [-0.05, 0) is 42.8 Å². The minimum atomic E-state index is -1.02. The van der Waals surface area contributed by atoms with Gasteiger partial charge >= 0.3 is 5.97 Å². The third-order valence-electron chi connectivity index (χ3n) is 3.22. The number of aromatic carboxylic acids is 1. The smallest absolute Gasteiger partial charge is 0.337 e. The first-order valence-corrected chi connectivity index (χ1v) is 6.04. The van der Waals surface area contributed by atoms with E-state index in [0.717, 1.165) is 0 Å². The summed E-state index contributed by atoms with van der Waals surface area (Å²) < 4.78 is 15.0. The topological polar surface area (TPSA) is 55.1 Å². The molecule has 5 heteroatoms. The van der Waals surface area contributed by atoms with Gasteiger partial charge in [0.15, 0.2) is 0 Å². The van der Waals surface area contributed by atoms with Crippen LogP contribution in [0.2, 0.25) is 0 Å². The maximum Gasteiger partial charge on any atom is 0.337 e. The molecule has 0 amide bonds. The highest BCUT2D eigenvalue weighted by molar-refractivity contribution is 6.01. The molecule has 100 valence electrons. The van der Waals surface area contributed by atoms with Crippen molar-refractivity contribution in [1.29, 1.82) is 0 Å². The van der Waals surface area contributed by atoms with Crippen molar-refractivity contribution in [2.45, 2.75) is 6.92 Å². The highest BCUT2D eigenvalue weighted by atomic mass is 19.1. The number of benzene rings is 2. The normalized spacial score (nSPS) is 10.9. The predicted octanol–water partition coefficient (Wildman–Crippen LogP) is 3.17. The average Bonchev–Trinajstić information content (AvgIpc) is 2.85. The van der Waals surface area contributed by atoms with Gasteiger partial charge in [0.1, 0.15) is 12.1 Å². The fraction of sp³-hybridized carbons (Fsp3) is 0.0667.